The Balaban J connectivity index is 1.89. The highest BCUT2D eigenvalue weighted by Gasteiger charge is 2.18. The topological polar surface area (TPSA) is 83.8 Å². The van der Waals surface area contributed by atoms with Crippen molar-refractivity contribution in [1.82, 2.24) is 15.5 Å². The van der Waals surface area contributed by atoms with Crippen LogP contribution in [0.5, 0.6) is 0 Å². The predicted octanol–water partition coefficient (Wildman–Crippen LogP) is 2.35. The van der Waals surface area contributed by atoms with E-state index in [0.29, 0.717) is 17.9 Å². The Labute approximate surface area is 113 Å². The third-order valence-electron chi connectivity index (χ3n) is 3.49. The Morgan fingerprint density at radius 3 is 2.95 bits per heavy atom. The molecule has 19 heavy (non-hydrogen) atoms. The molecule has 5 nitrogen and oxygen atoms in total. The Morgan fingerprint density at radius 1 is 1.58 bits per heavy atom. The fourth-order valence-corrected chi connectivity index (χ4v) is 2.36. The van der Waals surface area contributed by atoms with E-state index >= 15 is 0 Å². The molecule has 0 atom stereocenters. The fraction of sp³-hybridized carbons (Fsp3) is 0.571. The zero-order valence-corrected chi connectivity index (χ0v) is 11.6. The number of hydrogen-bond donors (Lipinski definition) is 3. The molecule has 0 aliphatic heterocycles. The molecule has 5 heteroatoms. The van der Waals surface area contributed by atoms with Gasteiger partial charge >= 0.3 is 0 Å². The van der Waals surface area contributed by atoms with Gasteiger partial charge in [0.25, 0.3) is 5.91 Å². The van der Waals surface area contributed by atoms with Crippen LogP contribution in [0.25, 0.3) is 0 Å². The average Bonchev–Trinajstić information content (AvgIpc) is 2.98. The maximum atomic E-state index is 12.0. The minimum Gasteiger partial charge on any atom is -0.395 e. The van der Waals surface area contributed by atoms with Gasteiger partial charge in [-0.1, -0.05) is 25.5 Å². The summed E-state index contributed by atoms with van der Waals surface area (Å²) < 4.78 is 0. The van der Waals surface area contributed by atoms with E-state index in [0.717, 1.165) is 18.5 Å². The molecule has 0 aromatic carbocycles. The number of nitrogens with zero attached hydrogens (tertiary/aromatic N) is 1. The molecule has 0 bridgehead atoms. The first-order valence-electron chi connectivity index (χ1n) is 6.89. The highest BCUT2D eigenvalue weighted by atomic mass is 16.1. The minimum atomic E-state index is -0.195. The van der Waals surface area contributed by atoms with E-state index in [1.807, 2.05) is 13.8 Å². The van der Waals surface area contributed by atoms with Crippen LogP contribution < -0.4 is 11.1 Å². The highest BCUT2D eigenvalue weighted by molar-refractivity contribution is 5.97. The van der Waals surface area contributed by atoms with Crippen LogP contribution in [0.3, 0.4) is 0 Å². The summed E-state index contributed by atoms with van der Waals surface area (Å²) in [4.78, 5) is 12.0. The number of rotatable bonds is 5. The number of amides is 1. The van der Waals surface area contributed by atoms with Crippen molar-refractivity contribution in [3.63, 3.8) is 0 Å². The second kappa shape index (κ2) is 5.91. The van der Waals surface area contributed by atoms with Crippen molar-refractivity contribution < 1.29 is 4.79 Å². The van der Waals surface area contributed by atoms with Gasteiger partial charge in [-0.2, -0.15) is 5.10 Å². The van der Waals surface area contributed by atoms with Crippen molar-refractivity contribution in [3.8, 4) is 0 Å². The number of allylic oxidation sites excluding steroid dienone is 1. The summed E-state index contributed by atoms with van der Waals surface area (Å²) in [5, 5.41) is 9.73. The average molecular weight is 262 g/mol. The Morgan fingerprint density at radius 2 is 2.37 bits per heavy atom. The summed E-state index contributed by atoms with van der Waals surface area (Å²) >= 11 is 0. The molecule has 0 unspecified atom stereocenters. The standard InChI is InChI=1S/C14H22N4O/c1-9(2)12-11(15)13(18-17-12)14(19)16-8-7-10-5-3-4-6-10/h5,9H,3-4,6-8,15H2,1-2H3,(H,16,19)(H,17,18). The van der Waals surface area contributed by atoms with Crippen molar-refractivity contribution in [3.05, 3.63) is 23.0 Å². The number of nitrogens with one attached hydrogen (secondary N) is 2. The Hall–Kier alpha value is -1.78. The number of aromatic amines is 1. The first-order chi connectivity index (χ1) is 9.09. The van der Waals surface area contributed by atoms with Crippen LogP contribution in [0.2, 0.25) is 0 Å². The van der Waals surface area contributed by atoms with Crippen LogP contribution in [0.4, 0.5) is 5.69 Å². The van der Waals surface area contributed by atoms with Gasteiger partial charge in [0.1, 0.15) is 0 Å². The molecule has 104 valence electrons. The van der Waals surface area contributed by atoms with E-state index in [9.17, 15) is 4.79 Å². The normalized spacial score (nSPS) is 14.8. The maximum absolute atomic E-state index is 12.0. The number of carbonyl (C=O) groups excluding carboxylic acids is 1. The second-order valence-electron chi connectivity index (χ2n) is 5.31. The van der Waals surface area contributed by atoms with Gasteiger partial charge in [0, 0.05) is 6.54 Å². The second-order valence-corrected chi connectivity index (χ2v) is 5.31. The lowest BCUT2D eigenvalue weighted by molar-refractivity contribution is 0.0950. The number of carbonyl (C=O) groups is 1. The lowest BCUT2D eigenvalue weighted by Gasteiger charge is -2.05. The summed E-state index contributed by atoms with van der Waals surface area (Å²) in [5.74, 6) is 0.0388. The van der Waals surface area contributed by atoms with E-state index < -0.39 is 0 Å². The molecule has 0 saturated carbocycles. The zero-order valence-electron chi connectivity index (χ0n) is 11.6. The number of nitrogens with two attached hydrogens (primary N) is 1. The number of hydrogen-bond acceptors (Lipinski definition) is 3. The van der Waals surface area contributed by atoms with Gasteiger partial charge in [0.05, 0.1) is 11.4 Å². The molecule has 1 aliphatic carbocycles. The third kappa shape index (κ3) is 3.16. The van der Waals surface area contributed by atoms with E-state index in [2.05, 4.69) is 21.6 Å². The lowest BCUT2D eigenvalue weighted by atomic mass is 10.1. The first-order valence-corrected chi connectivity index (χ1v) is 6.89. The molecule has 0 fully saturated rings. The van der Waals surface area contributed by atoms with Gasteiger partial charge < -0.3 is 11.1 Å². The van der Waals surface area contributed by atoms with Crippen LogP contribution in [-0.2, 0) is 0 Å². The van der Waals surface area contributed by atoms with E-state index in [-0.39, 0.29) is 11.8 Å². The SMILES string of the molecule is CC(C)c1[nH]nc(C(=O)NCCC2=CCCC2)c1N. The molecule has 1 aromatic heterocycles. The number of H-pyrrole nitrogens is 1. The van der Waals surface area contributed by atoms with E-state index in [4.69, 9.17) is 5.73 Å². The summed E-state index contributed by atoms with van der Waals surface area (Å²) in [6.07, 6.45) is 6.78. The van der Waals surface area contributed by atoms with Crippen molar-refractivity contribution in [2.24, 2.45) is 0 Å². The van der Waals surface area contributed by atoms with Crippen LogP contribution in [0.15, 0.2) is 11.6 Å². The summed E-state index contributed by atoms with van der Waals surface area (Å²) in [5.41, 5.74) is 8.97. The molecule has 1 aromatic rings. The molecule has 0 spiro atoms. The predicted molar refractivity (Wildman–Crippen MR) is 76.0 cm³/mol. The molecule has 1 heterocycles. The molecule has 1 aliphatic rings. The smallest absolute Gasteiger partial charge is 0.273 e. The Bertz CT molecular complexity index is 488. The largest absolute Gasteiger partial charge is 0.395 e. The quantitative estimate of drug-likeness (QED) is 0.712. The van der Waals surface area contributed by atoms with Crippen molar-refractivity contribution in [2.75, 3.05) is 12.3 Å². The van der Waals surface area contributed by atoms with Gasteiger partial charge in [-0.3, -0.25) is 9.89 Å². The van der Waals surface area contributed by atoms with Gasteiger partial charge in [-0.25, -0.2) is 0 Å². The van der Waals surface area contributed by atoms with Crippen molar-refractivity contribution in [1.29, 1.82) is 0 Å². The lowest BCUT2D eigenvalue weighted by Crippen LogP contribution is -2.25. The molecule has 4 N–H and O–H groups in total. The van der Waals surface area contributed by atoms with Crippen molar-refractivity contribution >= 4 is 11.6 Å². The molecule has 1 amide bonds. The van der Waals surface area contributed by atoms with Crippen molar-refractivity contribution in [2.45, 2.75) is 45.4 Å². The van der Waals surface area contributed by atoms with Gasteiger partial charge in [0.2, 0.25) is 0 Å². The van der Waals surface area contributed by atoms with E-state index in [1.54, 1.807) is 0 Å². The van der Waals surface area contributed by atoms with Crippen LogP contribution in [0, 0.1) is 0 Å². The maximum Gasteiger partial charge on any atom is 0.273 e. The van der Waals surface area contributed by atoms with E-state index in [1.165, 1.54) is 18.4 Å². The molecule has 0 saturated heterocycles. The summed E-state index contributed by atoms with van der Waals surface area (Å²) in [7, 11) is 0. The van der Waals surface area contributed by atoms with Crippen LogP contribution in [-0.4, -0.2) is 22.6 Å². The zero-order chi connectivity index (χ0) is 13.8. The molecule has 2 rings (SSSR count). The fourth-order valence-electron chi connectivity index (χ4n) is 2.36. The third-order valence-corrected chi connectivity index (χ3v) is 3.49. The molecular formula is C14H22N4O. The van der Waals surface area contributed by atoms with Crippen LogP contribution in [0.1, 0.15) is 61.6 Å². The molecular weight excluding hydrogens is 240 g/mol. The van der Waals surface area contributed by atoms with Gasteiger partial charge in [-0.05, 0) is 31.6 Å². The van der Waals surface area contributed by atoms with Crippen LogP contribution >= 0.6 is 0 Å². The summed E-state index contributed by atoms with van der Waals surface area (Å²) in [6.45, 7) is 4.67. The first kappa shape index (κ1) is 13.6. The number of anilines is 1. The molecule has 0 radical (unpaired) electrons. The minimum absolute atomic E-state index is 0.195. The number of aromatic nitrogens is 2. The number of nitrogen functional groups attached to an aromatic ring is 1. The van der Waals surface area contributed by atoms with Gasteiger partial charge in [-0.15, -0.1) is 0 Å². The Kier molecular flexibility index (Phi) is 4.24. The summed E-state index contributed by atoms with van der Waals surface area (Å²) in [6, 6.07) is 0. The monoisotopic (exact) mass is 262 g/mol. The van der Waals surface area contributed by atoms with Gasteiger partial charge in [0.15, 0.2) is 5.69 Å². The highest BCUT2D eigenvalue weighted by Crippen LogP contribution is 2.22.